The number of benzene rings is 2. The molecule has 1 aliphatic heterocycles. The van der Waals surface area contributed by atoms with Crippen LogP contribution in [0.3, 0.4) is 0 Å². The number of thioether (sulfide) groups is 1. The Morgan fingerprint density at radius 3 is 2.88 bits per heavy atom. The lowest BCUT2D eigenvalue weighted by atomic mass is 10.1. The molecule has 0 bridgehead atoms. The first-order valence-corrected chi connectivity index (χ1v) is 9.16. The summed E-state index contributed by atoms with van der Waals surface area (Å²) in [6.07, 6.45) is 0.908. The molecule has 0 atom stereocenters. The number of aromatic nitrogens is 2. The van der Waals surface area contributed by atoms with Crippen molar-refractivity contribution in [1.29, 1.82) is 5.26 Å². The molecule has 0 radical (unpaired) electrons. The fourth-order valence-electron chi connectivity index (χ4n) is 2.62. The Morgan fingerprint density at radius 1 is 1.15 bits per heavy atom. The van der Waals surface area contributed by atoms with Crippen LogP contribution < -0.4 is 9.47 Å². The lowest BCUT2D eigenvalue weighted by Crippen LogP contribution is -1.99. The Labute approximate surface area is 154 Å². The predicted molar refractivity (Wildman–Crippen MR) is 96.3 cm³/mol. The van der Waals surface area contributed by atoms with Gasteiger partial charge >= 0.3 is 0 Å². The summed E-state index contributed by atoms with van der Waals surface area (Å²) < 4.78 is 16.9. The summed E-state index contributed by atoms with van der Waals surface area (Å²) in [5.41, 5.74) is 2.69. The molecule has 0 saturated heterocycles. The van der Waals surface area contributed by atoms with E-state index in [1.807, 2.05) is 18.2 Å². The predicted octanol–water partition coefficient (Wildman–Crippen LogP) is 3.71. The zero-order valence-corrected chi connectivity index (χ0v) is 14.7. The summed E-state index contributed by atoms with van der Waals surface area (Å²) in [7, 11) is 0. The molecule has 1 aromatic heterocycles. The van der Waals surface area contributed by atoms with E-state index < -0.39 is 0 Å². The maximum absolute atomic E-state index is 8.78. The van der Waals surface area contributed by atoms with Crippen LogP contribution in [0.5, 0.6) is 11.5 Å². The number of rotatable bonds is 6. The van der Waals surface area contributed by atoms with E-state index in [4.69, 9.17) is 19.2 Å². The summed E-state index contributed by atoms with van der Waals surface area (Å²) in [4.78, 5) is 0. The van der Waals surface area contributed by atoms with E-state index in [-0.39, 0.29) is 0 Å². The van der Waals surface area contributed by atoms with Gasteiger partial charge in [-0.15, -0.1) is 10.2 Å². The van der Waals surface area contributed by atoms with Crippen molar-refractivity contribution in [3.63, 3.8) is 0 Å². The Hall–Kier alpha value is -2.98. The van der Waals surface area contributed by atoms with Crippen LogP contribution >= 0.6 is 11.8 Å². The first kappa shape index (κ1) is 16.5. The molecule has 1 aliphatic rings. The van der Waals surface area contributed by atoms with Gasteiger partial charge in [0.25, 0.3) is 5.22 Å². The molecule has 26 heavy (non-hydrogen) atoms. The first-order chi connectivity index (χ1) is 12.8. The maximum atomic E-state index is 8.78. The van der Waals surface area contributed by atoms with E-state index in [1.165, 1.54) is 17.3 Å². The molecule has 0 N–H and O–H groups in total. The van der Waals surface area contributed by atoms with E-state index in [9.17, 15) is 0 Å². The average Bonchev–Trinajstić information content (AvgIpc) is 3.34. The lowest BCUT2D eigenvalue weighted by molar-refractivity contribution is 0.343. The molecule has 7 heteroatoms. The molecule has 3 aromatic rings. The van der Waals surface area contributed by atoms with Gasteiger partial charge in [0.2, 0.25) is 5.89 Å². The van der Waals surface area contributed by atoms with E-state index in [2.05, 4.69) is 16.3 Å². The van der Waals surface area contributed by atoms with E-state index in [0.717, 1.165) is 30.1 Å². The Morgan fingerprint density at radius 2 is 2.04 bits per heavy atom. The quantitative estimate of drug-likeness (QED) is 0.486. The smallest absolute Gasteiger partial charge is 0.276 e. The molecule has 2 heterocycles. The van der Waals surface area contributed by atoms with Crippen LogP contribution in [0.1, 0.15) is 11.1 Å². The molecule has 6 nitrogen and oxygen atoms in total. The maximum Gasteiger partial charge on any atom is 0.276 e. The first-order valence-electron chi connectivity index (χ1n) is 8.17. The summed E-state index contributed by atoms with van der Waals surface area (Å²) in [5, 5.41) is 17.5. The minimum absolute atomic E-state index is 0.504. The van der Waals surface area contributed by atoms with E-state index in [0.29, 0.717) is 29.0 Å². The highest BCUT2D eigenvalue weighted by atomic mass is 32.2. The summed E-state index contributed by atoms with van der Waals surface area (Å²) in [5.74, 6) is 2.86. The molecule has 0 unspecified atom stereocenters. The molecule has 2 aromatic carbocycles. The van der Waals surface area contributed by atoms with Crippen LogP contribution in [0, 0.1) is 11.3 Å². The fraction of sp³-hybridized carbons (Fsp3) is 0.211. The second-order valence-electron chi connectivity index (χ2n) is 5.63. The van der Waals surface area contributed by atoms with Gasteiger partial charge in [-0.1, -0.05) is 11.8 Å². The number of nitriles is 1. The number of fused-ring (bicyclic) bond motifs is 1. The Kier molecular flexibility index (Phi) is 4.75. The minimum atomic E-state index is 0.504. The highest BCUT2D eigenvalue weighted by molar-refractivity contribution is 7.99. The van der Waals surface area contributed by atoms with Crippen molar-refractivity contribution in [2.75, 3.05) is 19.0 Å². The van der Waals surface area contributed by atoms with Gasteiger partial charge in [-0.3, -0.25) is 0 Å². The molecule has 0 fully saturated rings. The number of hydrogen-bond acceptors (Lipinski definition) is 7. The van der Waals surface area contributed by atoms with Gasteiger partial charge < -0.3 is 13.9 Å². The Balaban J connectivity index is 1.30. The highest BCUT2D eigenvalue weighted by Crippen LogP contribution is 2.31. The minimum Gasteiger partial charge on any atom is -0.493 e. The van der Waals surface area contributed by atoms with Gasteiger partial charge in [0.1, 0.15) is 11.5 Å². The van der Waals surface area contributed by atoms with Crippen LogP contribution in [0.2, 0.25) is 0 Å². The zero-order valence-electron chi connectivity index (χ0n) is 13.8. The molecule has 0 spiro atoms. The normalized spacial score (nSPS) is 12.3. The van der Waals surface area contributed by atoms with Gasteiger partial charge in [0, 0.05) is 17.7 Å². The van der Waals surface area contributed by atoms with Gasteiger partial charge in [-0.2, -0.15) is 5.26 Å². The average molecular weight is 365 g/mol. The third-order valence-electron chi connectivity index (χ3n) is 3.90. The molecular formula is C19H15N3O3S. The molecule has 0 aliphatic carbocycles. The fourth-order valence-corrected chi connectivity index (χ4v) is 3.20. The van der Waals surface area contributed by atoms with Crippen molar-refractivity contribution in [2.45, 2.75) is 11.6 Å². The van der Waals surface area contributed by atoms with Crippen molar-refractivity contribution in [3.8, 4) is 29.0 Å². The van der Waals surface area contributed by atoms with Crippen LogP contribution in [0.4, 0.5) is 0 Å². The van der Waals surface area contributed by atoms with Crippen molar-refractivity contribution in [1.82, 2.24) is 10.2 Å². The second kappa shape index (κ2) is 7.50. The van der Waals surface area contributed by atoms with Crippen molar-refractivity contribution in [3.05, 3.63) is 53.6 Å². The SMILES string of the molecule is N#Cc1ccc(OCCSc2nnc(-c3ccc4c(c3)CCO4)o2)cc1. The van der Waals surface area contributed by atoms with Crippen molar-refractivity contribution >= 4 is 11.8 Å². The molecule has 130 valence electrons. The molecular weight excluding hydrogens is 350 g/mol. The van der Waals surface area contributed by atoms with Gasteiger partial charge in [0.15, 0.2) is 0 Å². The molecule has 0 amide bonds. The van der Waals surface area contributed by atoms with Gasteiger partial charge in [-0.05, 0) is 48.0 Å². The third-order valence-corrected chi connectivity index (χ3v) is 4.69. The van der Waals surface area contributed by atoms with Crippen molar-refractivity contribution < 1.29 is 13.9 Å². The second-order valence-corrected chi connectivity index (χ2v) is 6.67. The summed E-state index contributed by atoms with van der Waals surface area (Å²) >= 11 is 1.45. The largest absolute Gasteiger partial charge is 0.493 e. The van der Waals surface area contributed by atoms with Crippen LogP contribution in [-0.2, 0) is 6.42 Å². The van der Waals surface area contributed by atoms with E-state index in [1.54, 1.807) is 24.3 Å². The highest BCUT2D eigenvalue weighted by Gasteiger charge is 2.15. The summed E-state index contributed by atoms with van der Waals surface area (Å²) in [6.45, 7) is 1.23. The number of ether oxygens (including phenoxy) is 2. The zero-order chi connectivity index (χ0) is 17.8. The van der Waals surface area contributed by atoms with Gasteiger partial charge in [-0.25, -0.2) is 0 Å². The van der Waals surface area contributed by atoms with Crippen molar-refractivity contribution in [2.24, 2.45) is 0 Å². The molecule has 4 rings (SSSR count). The Bertz CT molecular complexity index is 947. The number of nitrogens with zero attached hydrogens (tertiary/aromatic N) is 3. The summed E-state index contributed by atoms with van der Waals surface area (Å²) in [6, 6.07) is 15.0. The topological polar surface area (TPSA) is 81.2 Å². The van der Waals surface area contributed by atoms with Crippen LogP contribution in [-0.4, -0.2) is 29.2 Å². The standard InChI is InChI=1S/C19H15N3O3S/c20-12-13-1-4-16(5-2-13)23-9-10-26-19-22-21-18(25-19)15-3-6-17-14(11-15)7-8-24-17/h1-6,11H,7-10H2. The van der Waals surface area contributed by atoms with E-state index >= 15 is 0 Å². The number of hydrogen-bond donors (Lipinski definition) is 0. The lowest BCUT2D eigenvalue weighted by Gasteiger charge is -2.04. The molecule has 0 saturated carbocycles. The van der Waals surface area contributed by atoms with Crippen LogP contribution in [0.15, 0.2) is 52.1 Å². The third kappa shape index (κ3) is 3.65. The monoisotopic (exact) mass is 365 g/mol. The van der Waals surface area contributed by atoms with Gasteiger partial charge in [0.05, 0.1) is 24.8 Å². The van der Waals surface area contributed by atoms with Crippen LogP contribution in [0.25, 0.3) is 11.5 Å².